The van der Waals surface area contributed by atoms with Gasteiger partial charge in [0.1, 0.15) is 6.61 Å². The number of hydrogen-bond donors (Lipinski definition) is 0. The van der Waals surface area contributed by atoms with Gasteiger partial charge < -0.3 is 0 Å². The third kappa shape index (κ3) is 4.68. The molecule has 0 aliphatic rings. The van der Waals surface area contributed by atoms with Crippen molar-refractivity contribution < 1.29 is 14.2 Å². The zero-order valence-corrected chi connectivity index (χ0v) is 10.5. The molecule has 84 valence electrons. The van der Waals surface area contributed by atoms with Gasteiger partial charge in [-0.05, 0) is 48.8 Å². The van der Waals surface area contributed by atoms with Crippen molar-refractivity contribution in [2.24, 2.45) is 0 Å². The minimum absolute atomic E-state index is 0.107. The van der Waals surface area contributed by atoms with E-state index in [-0.39, 0.29) is 12.2 Å². The van der Waals surface area contributed by atoms with Gasteiger partial charge >= 0.3 is 0 Å². The van der Waals surface area contributed by atoms with Gasteiger partial charge in [0.15, 0.2) is 0 Å². The minimum atomic E-state index is -0.535. The van der Waals surface area contributed by atoms with Gasteiger partial charge in [0, 0.05) is 4.47 Å². The molecule has 1 aromatic heterocycles. The molecule has 0 spiro atoms. The maximum absolute atomic E-state index is 12.8. The first kappa shape index (κ1) is 12.5. The van der Waals surface area contributed by atoms with Gasteiger partial charge in [-0.1, -0.05) is 0 Å². The highest BCUT2D eigenvalue weighted by molar-refractivity contribution is 9.10. The lowest BCUT2D eigenvalue weighted by Gasteiger charge is -2.17. The highest BCUT2D eigenvalue weighted by Gasteiger charge is 2.12. The molecule has 0 fully saturated rings. The van der Waals surface area contributed by atoms with Crippen LogP contribution in [-0.2, 0) is 16.4 Å². The average Bonchev–Trinajstić information content (AvgIpc) is 2.09. The molecule has 0 unspecified atom stereocenters. The topological polar surface area (TPSA) is 31.4 Å². The number of pyridine rings is 1. The second-order valence-electron chi connectivity index (χ2n) is 4.02. The molecule has 5 heteroatoms. The Morgan fingerprint density at radius 1 is 1.40 bits per heavy atom. The molecule has 0 radical (unpaired) electrons. The fourth-order valence-corrected chi connectivity index (χ4v) is 1.16. The van der Waals surface area contributed by atoms with Crippen LogP contribution in [0, 0.1) is 5.95 Å². The van der Waals surface area contributed by atoms with Crippen LogP contribution in [-0.4, -0.2) is 10.6 Å². The Morgan fingerprint density at radius 2 is 2.07 bits per heavy atom. The number of halogens is 2. The number of rotatable bonds is 3. The van der Waals surface area contributed by atoms with Crippen molar-refractivity contribution in [2.75, 3.05) is 0 Å². The van der Waals surface area contributed by atoms with E-state index in [1.54, 1.807) is 6.07 Å². The molecule has 1 rings (SSSR count). The minimum Gasteiger partial charge on any atom is -0.231 e. The van der Waals surface area contributed by atoms with Crippen molar-refractivity contribution in [2.45, 2.75) is 33.0 Å². The van der Waals surface area contributed by atoms with Gasteiger partial charge in [-0.2, -0.15) is 4.39 Å². The van der Waals surface area contributed by atoms with Crippen molar-refractivity contribution in [1.29, 1.82) is 0 Å². The van der Waals surface area contributed by atoms with Crippen molar-refractivity contribution in [3.8, 4) is 0 Å². The van der Waals surface area contributed by atoms with Crippen molar-refractivity contribution in [1.82, 2.24) is 4.98 Å². The molecular weight excluding hydrogens is 265 g/mol. The summed E-state index contributed by atoms with van der Waals surface area (Å²) in [5.74, 6) is -0.535. The second kappa shape index (κ2) is 5.01. The smallest absolute Gasteiger partial charge is 0.213 e. The number of aromatic nitrogens is 1. The Morgan fingerprint density at radius 3 is 2.67 bits per heavy atom. The van der Waals surface area contributed by atoms with Crippen LogP contribution >= 0.6 is 15.9 Å². The molecule has 0 saturated heterocycles. The second-order valence-corrected chi connectivity index (χ2v) is 4.87. The first-order valence-electron chi connectivity index (χ1n) is 4.50. The molecule has 0 atom stereocenters. The molecule has 0 amide bonds. The summed E-state index contributed by atoms with van der Waals surface area (Å²) < 4.78 is 13.5. The molecule has 0 aliphatic carbocycles. The van der Waals surface area contributed by atoms with Crippen LogP contribution in [0.25, 0.3) is 0 Å². The molecule has 1 aromatic rings. The van der Waals surface area contributed by atoms with E-state index in [1.807, 2.05) is 20.8 Å². The van der Waals surface area contributed by atoms with Gasteiger partial charge in [-0.3, -0.25) is 0 Å². The predicted octanol–water partition coefficient (Wildman–Crippen LogP) is 3.23. The Hall–Kier alpha value is -0.520. The SMILES string of the molecule is CC(C)(C)OOCc1nc(F)ccc1Br. The Kier molecular flexibility index (Phi) is 4.19. The van der Waals surface area contributed by atoms with E-state index in [1.165, 1.54) is 6.07 Å². The highest BCUT2D eigenvalue weighted by atomic mass is 79.9. The summed E-state index contributed by atoms with van der Waals surface area (Å²) in [5.41, 5.74) is 0.0824. The lowest BCUT2D eigenvalue weighted by Crippen LogP contribution is -2.19. The van der Waals surface area contributed by atoms with Crippen LogP contribution in [0.5, 0.6) is 0 Å². The van der Waals surface area contributed by atoms with E-state index in [4.69, 9.17) is 9.78 Å². The molecule has 0 saturated carbocycles. The van der Waals surface area contributed by atoms with Crippen molar-refractivity contribution >= 4 is 15.9 Å². The first-order valence-corrected chi connectivity index (χ1v) is 5.29. The first-order chi connectivity index (χ1) is 6.88. The lowest BCUT2D eigenvalue weighted by atomic mass is 10.2. The summed E-state index contributed by atoms with van der Waals surface area (Å²) in [7, 11) is 0. The molecular formula is C10H13BrFNO2. The maximum atomic E-state index is 12.8. The molecule has 0 N–H and O–H groups in total. The van der Waals surface area contributed by atoms with Crippen molar-refractivity contribution in [3.05, 3.63) is 28.2 Å². The fraction of sp³-hybridized carbons (Fsp3) is 0.500. The summed E-state index contributed by atoms with van der Waals surface area (Å²) in [6.07, 6.45) is 0. The summed E-state index contributed by atoms with van der Waals surface area (Å²) in [6.45, 7) is 5.69. The molecule has 0 bridgehead atoms. The Balaban J connectivity index is 2.54. The van der Waals surface area contributed by atoms with Crippen molar-refractivity contribution in [3.63, 3.8) is 0 Å². The number of nitrogens with zero attached hydrogens (tertiary/aromatic N) is 1. The van der Waals surface area contributed by atoms with E-state index < -0.39 is 5.95 Å². The monoisotopic (exact) mass is 277 g/mol. The molecule has 3 nitrogen and oxygen atoms in total. The predicted molar refractivity (Wildman–Crippen MR) is 57.5 cm³/mol. The van der Waals surface area contributed by atoms with Crippen LogP contribution in [0.4, 0.5) is 4.39 Å². The zero-order valence-electron chi connectivity index (χ0n) is 8.88. The van der Waals surface area contributed by atoms with E-state index in [2.05, 4.69) is 20.9 Å². The van der Waals surface area contributed by atoms with Gasteiger partial charge in [0.2, 0.25) is 5.95 Å². The zero-order chi connectivity index (χ0) is 11.5. The lowest BCUT2D eigenvalue weighted by molar-refractivity contribution is -0.357. The van der Waals surface area contributed by atoms with Crippen LogP contribution in [0.15, 0.2) is 16.6 Å². The number of hydrogen-bond acceptors (Lipinski definition) is 3. The van der Waals surface area contributed by atoms with Gasteiger partial charge in [0.25, 0.3) is 0 Å². The summed E-state index contributed by atoms with van der Waals surface area (Å²) >= 11 is 3.25. The third-order valence-corrected chi connectivity index (χ3v) is 2.11. The molecule has 0 aliphatic heterocycles. The highest BCUT2D eigenvalue weighted by Crippen LogP contribution is 2.17. The van der Waals surface area contributed by atoms with Crippen LogP contribution < -0.4 is 0 Å². The van der Waals surface area contributed by atoms with Crippen LogP contribution in [0.2, 0.25) is 0 Å². The standard InChI is InChI=1S/C10H13BrFNO2/c1-10(2,3)15-14-6-8-7(11)4-5-9(12)13-8/h4-5H,6H2,1-3H3. The Labute approximate surface area is 96.7 Å². The van der Waals surface area contributed by atoms with Gasteiger partial charge in [-0.15, -0.1) is 0 Å². The largest absolute Gasteiger partial charge is 0.231 e. The van der Waals surface area contributed by atoms with E-state index in [9.17, 15) is 4.39 Å². The third-order valence-electron chi connectivity index (χ3n) is 1.39. The summed E-state index contributed by atoms with van der Waals surface area (Å²) in [4.78, 5) is 13.7. The summed E-state index contributed by atoms with van der Waals surface area (Å²) in [5, 5.41) is 0. The fourth-order valence-electron chi connectivity index (χ4n) is 0.821. The Bertz CT molecular complexity index is 339. The van der Waals surface area contributed by atoms with Gasteiger partial charge in [0.05, 0.1) is 11.3 Å². The molecule has 0 aromatic carbocycles. The van der Waals surface area contributed by atoms with Crippen LogP contribution in [0.1, 0.15) is 26.5 Å². The van der Waals surface area contributed by atoms with Gasteiger partial charge in [-0.25, -0.2) is 14.8 Å². The normalized spacial score (nSPS) is 11.8. The molecule has 1 heterocycles. The maximum Gasteiger partial charge on any atom is 0.213 e. The van der Waals surface area contributed by atoms with E-state index >= 15 is 0 Å². The van der Waals surface area contributed by atoms with Crippen LogP contribution in [0.3, 0.4) is 0 Å². The average molecular weight is 278 g/mol. The van der Waals surface area contributed by atoms with E-state index in [0.29, 0.717) is 10.2 Å². The van der Waals surface area contributed by atoms with E-state index in [0.717, 1.165) is 0 Å². The summed E-state index contributed by atoms with van der Waals surface area (Å²) in [6, 6.07) is 2.86. The molecule has 15 heavy (non-hydrogen) atoms. The quantitative estimate of drug-likeness (QED) is 0.483.